The molecule has 1 N–H and O–H groups in total. The van der Waals surface area contributed by atoms with Crippen molar-refractivity contribution in [1.82, 2.24) is 4.90 Å². The summed E-state index contributed by atoms with van der Waals surface area (Å²) in [6.45, 7) is 7.02. The molecule has 1 saturated heterocycles. The number of ether oxygens (including phenoxy) is 2. The first-order chi connectivity index (χ1) is 17.0. The summed E-state index contributed by atoms with van der Waals surface area (Å²) in [6, 6.07) is 14.2. The predicted octanol–water partition coefficient (Wildman–Crippen LogP) is 5.17. The molecule has 5 rings (SSSR count). The molecule has 0 spiro atoms. The Labute approximate surface area is 208 Å². The number of carbonyl (C=O) groups excluding carboxylic acids is 1. The third kappa shape index (κ3) is 4.64. The maximum atomic E-state index is 13.5. The van der Waals surface area contributed by atoms with Crippen LogP contribution in [0.1, 0.15) is 63.1 Å². The van der Waals surface area contributed by atoms with E-state index in [4.69, 9.17) is 9.47 Å². The van der Waals surface area contributed by atoms with E-state index in [0.29, 0.717) is 18.7 Å². The van der Waals surface area contributed by atoms with Gasteiger partial charge in [-0.15, -0.1) is 0 Å². The summed E-state index contributed by atoms with van der Waals surface area (Å²) < 4.78 is 10.9. The number of likely N-dealkylation sites (tertiary alicyclic amines) is 1. The lowest BCUT2D eigenvalue weighted by atomic mass is 9.66. The molecule has 0 aromatic heterocycles. The third-order valence-electron chi connectivity index (χ3n) is 8.03. The summed E-state index contributed by atoms with van der Waals surface area (Å²) in [5, 5.41) is 11.5. The van der Waals surface area contributed by atoms with Gasteiger partial charge in [0.25, 0.3) is 0 Å². The van der Waals surface area contributed by atoms with E-state index in [1.54, 1.807) is 6.08 Å². The standard InChI is InChI=1S/C29H36N2O4/c1-3-30(4-2)23-12-10-22(11-13-23)28-24-7-5-6-16-29(24,33)17-18-31(28)27(32)15-9-21-8-14-25-26(19-21)35-20-34-25/h8-15,19,24,28,33H,3-7,16-18,20H2,1-2H3/b15-9+/t24-,28-,29-/m0/s1. The van der Waals surface area contributed by atoms with Gasteiger partial charge in [0.2, 0.25) is 12.7 Å². The van der Waals surface area contributed by atoms with Crippen molar-refractivity contribution in [3.63, 3.8) is 0 Å². The molecule has 0 bridgehead atoms. The van der Waals surface area contributed by atoms with E-state index < -0.39 is 5.60 Å². The maximum absolute atomic E-state index is 13.5. The molecule has 0 radical (unpaired) electrons. The van der Waals surface area contributed by atoms with E-state index in [9.17, 15) is 9.90 Å². The number of hydrogen-bond acceptors (Lipinski definition) is 5. The number of fused-ring (bicyclic) bond motifs is 2. The second-order valence-corrected chi connectivity index (χ2v) is 9.89. The van der Waals surface area contributed by atoms with Crippen molar-refractivity contribution < 1.29 is 19.4 Å². The van der Waals surface area contributed by atoms with E-state index >= 15 is 0 Å². The highest BCUT2D eigenvalue weighted by Gasteiger charge is 2.49. The van der Waals surface area contributed by atoms with Crippen LogP contribution in [-0.2, 0) is 4.79 Å². The Kier molecular flexibility index (Phi) is 6.74. The van der Waals surface area contributed by atoms with Crippen LogP contribution in [0.2, 0.25) is 0 Å². The molecule has 6 heteroatoms. The molecule has 0 unspecified atom stereocenters. The molecule has 2 heterocycles. The quantitative estimate of drug-likeness (QED) is 0.583. The number of rotatable bonds is 6. The molecule has 186 valence electrons. The van der Waals surface area contributed by atoms with Crippen LogP contribution < -0.4 is 14.4 Å². The zero-order valence-electron chi connectivity index (χ0n) is 20.8. The van der Waals surface area contributed by atoms with Crippen molar-refractivity contribution >= 4 is 17.7 Å². The molecule has 2 aliphatic heterocycles. The molecular formula is C29H36N2O4. The van der Waals surface area contributed by atoms with Crippen LogP contribution >= 0.6 is 0 Å². The molecule has 3 aliphatic rings. The largest absolute Gasteiger partial charge is 0.454 e. The minimum atomic E-state index is -0.696. The predicted molar refractivity (Wildman–Crippen MR) is 138 cm³/mol. The molecule has 2 aromatic rings. The van der Waals surface area contributed by atoms with Crippen molar-refractivity contribution in [2.75, 3.05) is 31.3 Å². The topological polar surface area (TPSA) is 62.2 Å². The van der Waals surface area contributed by atoms with Crippen molar-refractivity contribution in [3.8, 4) is 11.5 Å². The van der Waals surface area contributed by atoms with Crippen molar-refractivity contribution in [3.05, 3.63) is 59.7 Å². The van der Waals surface area contributed by atoms with Gasteiger partial charge in [0.05, 0.1) is 11.6 Å². The van der Waals surface area contributed by atoms with Gasteiger partial charge in [0.15, 0.2) is 11.5 Å². The Bertz CT molecular complexity index is 1080. The first-order valence-corrected chi connectivity index (χ1v) is 13.0. The van der Waals surface area contributed by atoms with Crippen LogP contribution in [0.4, 0.5) is 5.69 Å². The zero-order valence-corrected chi connectivity index (χ0v) is 20.8. The normalized spacial score (nSPS) is 25.5. The number of anilines is 1. The van der Waals surface area contributed by atoms with E-state index in [-0.39, 0.29) is 24.7 Å². The summed E-state index contributed by atoms with van der Waals surface area (Å²) in [4.78, 5) is 17.8. The number of nitrogens with zero attached hydrogens (tertiary/aromatic N) is 2. The summed E-state index contributed by atoms with van der Waals surface area (Å²) >= 11 is 0. The lowest BCUT2D eigenvalue weighted by Gasteiger charge is -2.52. The van der Waals surface area contributed by atoms with Crippen LogP contribution in [-0.4, -0.2) is 47.9 Å². The van der Waals surface area contributed by atoms with Crippen LogP contribution in [0.5, 0.6) is 11.5 Å². The fourth-order valence-electron chi connectivity index (χ4n) is 6.09. The second-order valence-electron chi connectivity index (χ2n) is 9.89. The van der Waals surface area contributed by atoms with E-state index in [1.807, 2.05) is 29.2 Å². The molecule has 6 nitrogen and oxygen atoms in total. The third-order valence-corrected chi connectivity index (χ3v) is 8.03. The van der Waals surface area contributed by atoms with Gasteiger partial charge in [-0.25, -0.2) is 0 Å². The number of carbonyl (C=O) groups is 1. The van der Waals surface area contributed by atoms with Gasteiger partial charge in [0.1, 0.15) is 0 Å². The minimum absolute atomic E-state index is 0.0203. The minimum Gasteiger partial charge on any atom is -0.454 e. The maximum Gasteiger partial charge on any atom is 0.247 e. The SMILES string of the molecule is CCN(CC)c1ccc([C@H]2[C@@H]3CCCC[C@]3(O)CCN2C(=O)/C=C/c2ccc3c(c2)OCO3)cc1. The second kappa shape index (κ2) is 9.94. The van der Waals surface area contributed by atoms with E-state index in [2.05, 4.69) is 43.0 Å². The first kappa shape index (κ1) is 23.7. The Hall–Kier alpha value is -2.99. The zero-order chi connectivity index (χ0) is 24.4. The van der Waals surface area contributed by atoms with Gasteiger partial charge in [-0.3, -0.25) is 4.79 Å². The molecule has 2 aromatic carbocycles. The Morgan fingerprint density at radius 2 is 1.86 bits per heavy atom. The highest BCUT2D eigenvalue weighted by Crippen LogP contribution is 2.49. The molecule has 35 heavy (non-hydrogen) atoms. The molecular weight excluding hydrogens is 440 g/mol. The average Bonchev–Trinajstić information content (AvgIpc) is 3.35. The number of aliphatic hydroxyl groups is 1. The summed E-state index contributed by atoms with van der Waals surface area (Å²) in [7, 11) is 0. The van der Waals surface area contributed by atoms with E-state index in [1.165, 1.54) is 5.69 Å². The van der Waals surface area contributed by atoms with Crippen molar-refractivity contribution in [2.45, 2.75) is 57.6 Å². The van der Waals surface area contributed by atoms with E-state index in [0.717, 1.165) is 55.6 Å². The lowest BCUT2D eigenvalue weighted by Crippen LogP contribution is -2.56. The monoisotopic (exact) mass is 476 g/mol. The fourth-order valence-corrected chi connectivity index (χ4v) is 6.09. The van der Waals surface area contributed by atoms with Crippen molar-refractivity contribution in [1.29, 1.82) is 0 Å². The lowest BCUT2D eigenvalue weighted by molar-refractivity contribution is -0.150. The molecule has 1 saturated carbocycles. The van der Waals surface area contributed by atoms with Crippen LogP contribution in [0.3, 0.4) is 0 Å². The van der Waals surface area contributed by atoms with Crippen LogP contribution in [0.25, 0.3) is 6.08 Å². The molecule has 1 aliphatic carbocycles. The molecule has 2 fully saturated rings. The summed E-state index contributed by atoms with van der Waals surface area (Å²) in [6.07, 6.45) is 8.04. The molecule has 1 amide bonds. The smallest absolute Gasteiger partial charge is 0.247 e. The summed E-state index contributed by atoms with van der Waals surface area (Å²) in [5.41, 5.74) is 2.50. The van der Waals surface area contributed by atoms with Crippen LogP contribution in [0, 0.1) is 5.92 Å². The Morgan fingerprint density at radius 1 is 1.09 bits per heavy atom. The first-order valence-electron chi connectivity index (χ1n) is 13.0. The highest BCUT2D eigenvalue weighted by atomic mass is 16.7. The highest BCUT2D eigenvalue weighted by molar-refractivity contribution is 5.92. The van der Waals surface area contributed by atoms with Gasteiger partial charge < -0.3 is 24.4 Å². The number of amides is 1. The van der Waals surface area contributed by atoms with Gasteiger partial charge >= 0.3 is 0 Å². The Balaban J connectivity index is 1.42. The molecule has 3 atom stereocenters. The van der Waals surface area contributed by atoms with Crippen LogP contribution in [0.15, 0.2) is 48.5 Å². The van der Waals surface area contributed by atoms with Crippen molar-refractivity contribution in [2.24, 2.45) is 5.92 Å². The number of benzene rings is 2. The van der Waals surface area contributed by atoms with Gasteiger partial charge in [-0.1, -0.05) is 31.0 Å². The summed E-state index contributed by atoms with van der Waals surface area (Å²) in [5.74, 6) is 1.46. The average molecular weight is 477 g/mol. The fraction of sp³-hybridized carbons (Fsp3) is 0.483. The number of piperidine rings is 1. The van der Waals surface area contributed by atoms with Gasteiger partial charge in [0, 0.05) is 37.3 Å². The Morgan fingerprint density at radius 3 is 2.63 bits per heavy atom. The van der Waals surface area contributed by atoms with Gasteiger partial charge in [-0.2, -0.15) is 0 Å². The van der Waals surface area contributed by atoms with Gasteiger partial charge in [-0.05, 0) is 74.6 Å². The number of hydrogen-bond donors (Lipinski definition) is 1.